The van der Waals surface area contributed by atoms with Gasteiger partial charge < -0.3 is 5.73 Å². The molecule has 0 amide bonds. The van der Waals surface area contributed by atoms with Crippen LogP contribution in [-0.4, -0.2) is 4.98 Å². The molecule has 0 aliphatic heterocycles. The number of hydrogen-bond acceptors (Lipinski definition) is 2. The Morgan fingerprint density at radius 1 is 1.05 bits per heavy atom. The monoisotopic (exact) mass is 316 g/mol. The summed E-state index contributed by atoms with van der Waals surface area (Å²) in [6.07, 6.45) is 13.0. The molecular weight excluding hydrogens is 291 g/mol. The minimum atomic E-state index is -0.0835. The first-order valence-corrected chi connectivity index (χ1v) is 8.47. The van der Waals surface area contributed by atoms with Crippen LogP contribution in [0.25, 0.3) is 0 Å². The SMILES string of the molecule is CCCCCCCCCCC(N)c1ncc(Cl)cc1Cl. The van der Waals surface area contributed by atoms with Crippen LogP contribution in [0.4, 0.5) is 0 Å². The van der Waals surface area contributed by atoms with Gasteiger partial charge in [0.2, 0.25) is 0 Å². The zero-order valence-corrected chi connectivity index (χ0v) is 13.9. The highest BCUT2D eigenvalue weighted by atomic mass is 35.5. The van der Waals surface area contributed by atoms with E-state index in [1.54, 1.807) is 12.3 Å². The first-order valence-electron chi connectivity index (χ1n) is 7.71. The third-order valence-electron chi connectivity index (χ3n) is 3.56. The summed E-state index contributed by atoms with van der Waals surface area (Å²) < 4.78 is 0. The highest BCUT2D eigenvalue weighted by Gasteiger charge is 2.11. The van der Waals surface area contributed by atoms with Gasteiger partial charge in [0, 0.05) is 12.2 Å². The lowest BCUT2D eigenvalue weighted by atomic mass is 10.0. The maximum absolute atomic E-state index is 6.14. The van der Waals surface area contributed by atoms with Gasteiger partial charge >= 0.3 is 0 Å². The second-order valence-electron chi connectivity index (χ2n) is 5.39. The summed E-state index contributed by atoms with van der Waals surface area (Å²) in [4.78, 5) is 4.24. The third-order valence-corrected chi connectivity index (χ3v) is 4.07. The molecule has 4 heteroatoms. The van der Waals surface area contributed by atoms with Crippen molar-refractivity contribution in [1.29, 1.82) is 0 Å². The molecule has 0 aromatic carbocycles. The van der Waals surface area contributed by atoms with Crippen molar-refractivity contribution in [3.05, 3.63) is 28.0 Å². The van der Waals surface area contributed by atoms with Crippen LogP contribution in [0.1, 0.15) is 76.4 Å². The molecule has 0 fully saturated rings. The Balaban J connectivity index is 2.15. The number of halogens is 2. The Morgan fingerprint density at radius 2 is 1.65 bits per heavy atom. The molecule has 1 atom stereocenters. The van der Waals surface area contributed by atoms with Crippen LogP contribution in [0, 0.1) is 0 Å². The van der Waals surface area contributed by atoms with Crippen LogP contribution < -0.4 is 5.73 Å². The van der Waals surface area contributed by atoms with Crippen molar-refractivity contribution in [3.8, 4) is 0 Å². The summed E-state index contributed by atoms with van der Waals surface area (Å²) in [5.41, 5.74) is 6.90. The van der Waals surface area contributed by atoms with Gasteiger partial charge in [-0.3, -0.25) is 4.98 Å². The van der Waals surface area contributed by atoms with Crippen LogP contribution in [0.2, 0.25) is 10.0 Å². The zero-order valence-electron chi connectivity index (χ0n) is 12.4. The summed E-state index contributed by atoms with van der Waals surface area (Å²) in [5.74, 6) is 0. The normalized spacial score (nSPS) is 12.6. The van der Waals surface area contributed by atoms with Crippen LogP contribution in [0.15, 0.2) is 12.3 Å². The predicted octanol–water partition coefficient (Wildman–Crippen LogP) is 5.92. The molecular formula is C16H26Cl2N2. The average molecular weight is 317 g/mol. The van der Waals surface area contributed by atoms with Crippen LogP contribution >= 0.6 is 23.2 Å². The highest BCUT2D eigenvalue weighted by molar-refractivity contribution is 6.34. The fraction of sp³-hybridized carbons (Fsp3) is 0.688. The van der Waals surface area contributed by atoms with Crippen molar-refractivity contribution in [2.75, 3.05) is 0 Å². The van der Waals surface area contributed by atoms with Gasteiger partial charge in [0.1, 0.15) is 0 Å². The lowest BCUT2D eigenvalue weighted by Crippen LogP contribution is -2.12. The van der Waals surface area contributed by atoms with Crippen LogP contribution in [-0.2, 0) is 0 Å². The van der Waals surface area contributed by atoms with E-state index in [9.17, 15) is 0 Å². The molecule has 0 spiro atoms. The van der Waals surface area contributed by atoms with Gasteiger partial charge in [-0.1, -0.05) is 81.5 Å². The van der Waals surface area contributed by atoms with E-state index < -0.39 is 0 Å². The molecule has 20 heavy (non-hydrogen) atoms. The number of nitrogens with zero attached hydrogens (tertiary/aromatic N) is 1. The minimum absolute atomic E-state index is 0.0835. The van der Waals surface area contributed by atoms with E-state index in [2.05, 4.69) is 11.9 Å². The Hall–Kier alpha value is -0.310. The van der Waals surface area contributed by atoms with E-state index in [1.165, 1.54) is 44.9 Å². The molecule has 1 aromatic rings. The van der Waals surface area contributed by atoms with Gasteiger partial charge in [-0.15, -0.1) is 0 Å². The molecule has 2 nitrogen and oxygen atoms in total. The minimum Gasteiger partial charge on any atom is -0.323 e. The van der Waals surface area contributed by atoms with E-state index >= 15 is 0 Å². The molecule has 0 bridgehead atoms. The number of aromatic nitrogens is 1. The maximum Gasteiger partial charge on any atom is 0.0757 e. The number of nitrogens with two attached hydrogens (primary N) is 1. The first-order chi connectivity index (χ1) is 9.65. The Morgan fingerprint density at radius 3 is 2.25 bits per heavy atom. The summed E-state index contributed by atoms with van der Waals surface area (Å²) in [6.45, 7) is 2.25. The van der Waals surface area contributed by atoms with Crippen molar-refractivity contribution < 1.29 is 0 Å². The smallest absolute Gasteiger partial charge is 0.0757 e. The largest absolute Gasteiger partial charge is 0.323 e. The van der Waals surface area contributed by atoms with Gasteiger partial charge in [0.25, 0.3) is 0 Å². The van der Waals surface area contributed by atoms with Gasteiger partial charge in [-0.25, -0.2) is 0 Å². The third kappa shape index (κ3) is 6.92. The van der Waals surface area contributed by atoms with E-state index in [-0.39, 0.29) is 6.04 Å². The molecule has 0 saturated carbocycles. The standard InChI is InChI=1S/C16H26Cl2N2/c1-2-3-4-5-6-7-8-9-10-15(19)16-14(18)11-13(17)12-20-16/h11-12,15H,2-10,19H2,1H3. The molecule has 1 heterocycles. The quantitative estimate of drug-likeness (QED) is 0.544. The fourth-order valence-electron chi connectivity index (χ4n) is 2.33. The Bertz CT molecular complexity index is 383. The van der Waals surface area contributed by atoms with E-state index in [4.69, 9.17) is 28.9 Å². The molecule has 1 aromatic heterocycles. The second-order valence-corrected chi connectivity index (χ2v) is 6.23. The van der Waals surface area contributed by atoms with Crippen molar-refractivity contribution in [2.45, 2.75) is 70.8 Å². The highest BCUT2D eigenvalue weighted by Crippen LogP contribution is 2.25. The zero-order chi connectivity index (χ0) is 14.8. The molecule has 1 unspecified atom stereocenters. The molecule has 114 valence electrons. The molecule has 2 N–H and O–H groups in total. The summed E-state index contributed by atoms with van der Waals surface area (Å²) in [6, 6.07) is 1.62. The summed E-state index contributed by atoms with van der Waals surface area (Å²) in [7, 11) is 0. The fourth-order valence-corrected chi connectivity index (χ4v) is 2.85. The molecule has 0 radical (unpaired) electrons. The van der Waals surface area contributed by atoms with E-state index in [1.807, 2.05) is 0 Å². The lowest BCUT2D eigenvalue weighted by Gasteiger charge is -2.12. The second kappa shape index (κ2) is 10.4. The molecule has 0 saturated heterocycles. The van der Waals surface area contributed by atoms with Crippen molar-refractivity contribution in [1.82, 2.24) is 4.98 Å². The number of unbranched alkanes of at least 4 members (excludes halogenated alkanes) is 7. The average Bonchev–Trinajstić information content (AvgIpc) is 2.41. The number of rotatable bonds is 10. The van der Waals surface area contributed by atoms with Gasteiger partial charge in [-0.2, -0.15) is 0 Å². The predicted molar refractivity (Wildman–Crippen MR) is 88.4 cm³/mol. The van der Waals surface area contributed by atoms with E-state index in [0.29, 0.717) is 10.0 Å². The van der Waals surface area contributed by atoms with Crippen molar-refractivity contribution in [2.24, 2.45) is 5.73 Å². The molecule has 0 aliphatic rings. The van der Waals surface area contributed by atoms with Gasteiger partial charge in [-0.05, 0) is 12.5 Å². The Kier molecular flexibility index (Phi) is 9.24. The summed E-state index contributed by atoms with van der Waals surface area (Å²) in [5, 5.41) is 1.13. The maximum atomic E-state index is 6.14. The first kappa shape index (κ1) is 17.7. The van der Waals surface area contributed by atoms with Gasteiger partial charge in [0.15, 0.2) is 0 Å². The van der Waals surface area contributed by atoms with Crippen LogP contribution in [0.5, 0.6) is 0 Å². The molecule has 1 rings (SSSR count). The van der Waals surface area contributed by atoms with E-state index in [0.717, 1.165) is 18.5 Å². The molecule has 0 aliphatic carbocycles. The number of pyridine rings is 1. The Labute approximate surface area is 133 Å². The van der Waals surface area contributed by atoms with Crippen molar-refractivity contribution in [3.63, 3.8) is 0 Å². The van der Waals surface area contributed by atoms with Gasteiger partial charge in [0.05, 0.1) is 15.7 Å². The summed E-state index contributed by atoms with van der Waals surface area (Å²) >= 11 is 11.9. The topological polar surface area (TPSA) is 38.9 Å². The van der Waals surface area contributed by atoms with Crippen LogP contribution in [0.3, 0.4) is 0 Å². The van der Waals surface area contributed by atoms with Crippen molar-refractivity contribution >= 4 is 23.2 Å². The number of hydrogen-bond donors (Lipinski definition) is 1. The lowest BCUT2D eigenvalue weighted by molar-refractivity contribution is 0.531.